The number of β-lactam (4-membered cyclic amide) rings is 1. The molecule has 0 radical (unpaired) electrons. The Bertz CT molecular complexity index is 1450. The maximum atomic E-state index is 13.6. The van der Waals surface area contributed by atoms with E-state index in [-0.39, 0.29) is 12.3 Å². The number of halogens is 5. The molecule has 2 amide bonds. The molecular formula is C27H23F5N2O8S. The van der Waals surface area contributed by atoms with Gasteiger partial charge in [-0.1, -0.05) is 30.3 Å². The number of thioether (sulfide) groups is 1. The molecule has 43 heavy (non-hydrogen) atoms. The van der Waals surface area contributed by atoms with Gasteiger partial charge in [0.25, 0.3) is 0 Å². The Morgan fingerprint density at radius 3 is 2.09 bits per heavy atom. The van der Waals surface area contributed by atoms with E-state index < -0.39 is 100 Å². The van der Waals surface area contributed by atoms with Crippen LogP contribution in [0, 0.1) is 29.1 Å². The SMILES string of the molecule is CC1(C)S[C@@H]2[C@H](NC(=O)Cc3ccccc3)C(=O)N2[C@H]1C(=O)OCOC(=O)CCC(=O)Oc1c(F)c(F)c(F)c(F)c1F. The number of amides is 2. The molecule has 2 saturated heterocycles. The molecule has 2 aromatic carbocycles. The smallest absolute Gasteiger partial charge is 0.333 e. The first-order valence-electron chi connectivity index (χ1n) is 12.6. The van der Waals surface area contributed by atoms with Gasteiger partial charge in [0, 0.05) is 4.75 Å². The van der Waals surface area contributed by atoms with Crippen molar-refractivity contribution in [1.82, 2.24) is 10.2 Å². The fourth-order valence-electron chi connectivity index (χ4n) is 4.48. The zero-order valence-corrected chi connectivity index (χ0v) is 23.3. The van der Waals surface area contributed by atoms with Crippen LogP contribution < -0.4 is 10.1 Å². The molecule has 0 bridgehead atoms. The number of carbonyl (C=O) groups excluding carboxylic acids is 5. The van der Waals surface area contributed by atoms with E-state index in [9.17, 15) is 45.9 Å². The Morgan fingerprint density at radius 2 is 1.47 bits per heavy atom. The molecule has 2 aromatic rings. The number of nitrogens with zero attached hydrogens (tertiary/aromatic N) is 1. The van der Waals surface area contributed by atoms with Gasteiger partial charge in [-0.25, -0.2) is 18.0 Å². The van der Waals surface area contributed by atoms with Gasteiger partial charge < -0.3 is 24.4 Å². The predicted octanol–water partition coefficient (Wildman–Crippen LogP) is 2.90. The highest BCUT2D eigenvalue weighted by molar-refractivity contribution is 8.01. The van der Waals surface area contributed by atoms with Gasteiger partial charge in [-0.3, -0.25) is 19.2 Å². The average Bonchev–Trinajstić information content (AvgIpc) is 3.23. The second kappa shape index (κ2) is 12.6. The van der Waals surface area contributed by atoms with Crippen LogP contribution in [0.25, 0.3) is 0 Å². The van der Waals surface area contributed by atoms with Crippen molar-refractivity contribution in [2.24, 2.45) is 0 Å². The maximum Gasteiger partial charge on any atom is 0.333 e. The van der Waals surface area contributed by atoms with E-state index in [2.05, 4.69) is 10.1 Å². The Morgan fingerprint density at radius 1 is 0.884 bits per heavy atom. The van der Waals surface area contributed by atoms with E-state index in [0.29, 0.717) is 0 Å². The van der Waals surface area contributed by atoms with Crippen LogP contribution in [-0.4, -0.2) is 63.6 Å². The minimum absolute atomic E-state index is 0.0665. The van der Waals surface area contributed by atoms with Gasteiger partial charge in [0.15, 0.2) is 0 Å². The second-order valence-corrected chi connectivity index (χ2v) is 11.7. The zero-order valence-electron chi connectivity index (χ0n) is 22.5. The molecule has 10 nitrogen and oxygen atoms in total. The van der Waals surface area contributed by atoms with Gasteiger partial charge in [-0.2, -0.15) is 8.78 Å². The van der Waals surface area contributed by atoms with Crippen molar-refractivity contribution in [2.75, 3.05) is 6.79 Å². The third-order valence-electron chi connectivity index (χ3n) is 6.53. The third kappa shape index (κ3) is 6.58. The van der Waals surface area contributed by atoms with Crippen molar-refractivity contribution in [3.8, 4) is 5.75 Å². The van der Waals surface area contributed by atoms with Crippen LogP contribution in [0.2, 0.25) is 0 Å². The zero-order chi connectivity index (χ0) is 31.6. The first-order valence-corrected chi connectivity index (χ1v) is 13.5. The Hall–Kier alpha value is -4.21. The summed E-state index contributed by atoms with van der Waals surface area (Å²) in [6, 6.07) is 6.99. The highest BCUT2D eigenvalue weighted by Crippen LogP contribution is 2.51. The minimum Gasteiger partial charge on any atom is -0.428 e. The summed E-state index contributed by atoms with van der Waals surface area (Å²) in [5.41, 5.74) is 0.761. The monoisotopic (exact) mass is 630 g/mol. The molecule has 0 aliphatic carbocycles. The average molecular weight is 631 g/mol. The molecule has 3 atom stereocenters. The number of hydrogen-bond donors (Lipinski definition) is 1. The van der Waals surface area contributed by atoms with Crippen LogP contribution in [0.3, 0.4) is 0 Å². The van der Waals surface area contributed by atoms with Gasteiger partial charge in [-0.15, -0.1) is 11.8 Å². The lowest BCUT2D eigenvalue weighted by Crippen LogP contribution is -2.70. The number of hydrogen-bond acceptors (Lipinski definition) is 9. The number of benzene rings is 2. The summed E-state index contributed by atoms with van der Waals surface area (Å²) in [6.07, 6.45) is -1.56. The molecule has 2 fully saturated rings. The van der Waals surface area contributed by atoms with Crippen molar-refractivity contribution in [3.63, 3.8) is 0 Å². The number of esters is 3. The largest absolute Gasteiger partial charge is 0.428 e. The van der Waals surface area contributed by atoms with E-state index in [1.807, 2.05) is 0 Å². The molecule has 4 rings (SSSR count). The Kier molecular flexibility index (Phi) is 9.27. The standard InChI is InChI=1S/C27H23F5N2O8S/c1-27(2)23(34-24(38)21(25(34)43-27)33-13(35)10-12-6-4-3-5-7-12)26(39)41-11-40-14(36)8-9-15(37)42-22-19(31)17(29)16(28)18(30)20(22)32/h3-7,21,23,25H,8-11H2,1-2H3,(H,33,35)/t21-,23+,25-/m1/s1. The molecule has 2 aliphatic rings. The molecule has 230 valence electrons. The lowest BCUT2D eigenvalue weighted by atomic mass is 9.96. The summed E-state index contributed by atoms with van der Waals surface area (Å²) in [4.78, 5) is 63.1. The van der Waals surface area contributed by atoms with Crippen molar-refractivity contribution >= 4 is 41.5 Å². The fourth-order valence-corrected chi connectivity index (χ4v) is 6.10. The van der Waals surface area contributed by atoms with Crippen LogP contribution in [0.4, 0.5) is 22.0 Å². The van der Waals surface area contributed by atoms with Crippen LogP contribution in [0.1, 0.15) is 32.3 Å². The van der Waals surface area contributed by atoms with Crippen molar-refractivity contribution < 1.29 is 60.1 Å². The van der Waals surface area contributed by atoms with Gasteiger partial charge in [0.1, 0.15) is 17.5 Å². The third-order valence-corrected chi connectivity index (χ3v) is 8.10. The minimum atomic E-state index is -2.44. The lowest BCUT2D eigenvalue weighted by Gasteiger charge is -2.43. The summed E-state index contributed by atoms with van der Waals surface area (Å²) in [6.45, 7) is 2.48. The van der Waals surface area contributed by atoms with E-state index >= 15 is 0 Å². The molecule has 0 spiro atoms. The molecule has 1 N–H and O–H groups in total. The predicted molar refractivity (Wildman–Crippen MR) is 136 cm³/mol. The maximum absolute atomic E-state index is 13.6. The summed E-state index contributed by atoms with van der Waals surface area (Å²) < 4.78 is 79.9. The van der Waals surface area contributed by atoms with Gasteiger partial charge >= 0.3 is 17.9 Å². The molecule has 2 aliphatic heterocycles. The highest BCUT2D eigenvalue weighted by atomic mass is 32.2. The first kappa shape index (κ1) is 31.7. The molecule has 0 saturated carbocycles. The van der Waals surface area contributed by atoms with Crippen molar-refractivity contribution in [2.45, 2.75) is 55.3 Å². The molecule has 0 aromatic heterocycles. The number of ether oxygens (including phenoxy) is 3. The molecule has 2 heterocycles. The first-order chi connectivity index (χ1) is 20.2. The fraction of sp³-hybridized carbons (Fsp3) is 0.370. The summed E-state index contributed by atoms with van der Waals surface area (Å²) >= 11 is 1.28. The quantitative estimate of drug-likeness (QED) is 0.0802. The van der Waals surface area contributed by atoms with Crippen molar-refractivity contribution in [3.05, 3.63) is 65.0 Å². The number of carbonyl (C=O) groups is 5. The number of nitrogens with one attached hydrogen (secondary N) is 1. The Balaban J connectivity index is 1.23. The van der Waals surface area contributed by atoms with Crippen LogP contribution in [0.5, 0.6) is 5.75 Å². The van der Waals surface area contributed by atoms with Crippen LogP contribution >= 0.6 is 11.8 Å². The topological polar surface area (TPSA) is 128 Å². The Labute approximate surface area is 244 Å². The van der Waals surface area contributed by atoms with Gasteiger partial charge in [0.2, 0.25) is 53.4 Å². The van der Waals surface area contributed by atoms with E-state index in [0.717, 1.165) is 5.56 Å². The van der Waals surface area contributed by atoms with E-state index in [1.54, 1.807) is 44.2 Å². The number of rotatable bonds is 10. The second-order valence-electron chi connectivity index (χ2n) is 9.94. The highest BCUT2D eigenvalue weighted by Gasteiger charge is 2.64. The molecule has 0 unspecified atom stereocenters. The van der Waals surface area contributed by atoms with E-state index in [4.69, 9.17) is 9.47 Å². The van der Waals surface area contributed by atoms with Crippen molar-refractivity contribution in [1.29, 1.82) is 0 Å². The number of fused-ring (bicyclic) bond motifs is 1. The van der Waals surface area contributed by atoms with Crippen LogP contribution in [0.15, 0.2) is 30.3 Å². The summed E-state index contributed by atoms with van der Waals surface area (Å²) in [5, 5.41) is 2.15. The summed E-state index contributed by atoms with van der Waals surface area (Å²) in [5.74, 6) is -18.0. The van der Waals surface area contributed by atoms with Gasteiger partial charge in [0.05, 0.1) is 19.3 Å². The van der Waals surface area contributed by atoms with Crippen LogP contribution in [-0.2, 0) is 39.9 Å². The summed E-state index contributed by atoms with van der Waals surface area (Å²) in [7, 11) is 0. The molecule has 16 heteroatoms. The van der Waals surface area contributed by atoms with Gasteiger partial charge in [-0.05, 0) is 19.4 Å². The molecular weight excluding hydrogens is 607 g/mol. The lowest BCUT2D eigenvalue weighted by molar-refractivity contribution is -0.177. The normalized spacial score (nSPS) is 20.1. The van der Waals surface area contributed by atoms with E-state index in [1.165, 1.54) is 16.7 Å².